The molecule has 1 N–H and O–H groups in total. The highest BCUT2D eigenvalue weighted by molar-refractivity contribution is 7.92. The number of benzene rings is 1. The van der Waals surface area contributed by atoms with Crippen LogP contribution in [0.3, 0.4) is 0 Å². The number of nitrogens with one attached hydrogen (secondary N) is 1. The lowest BCUT2D eigenvalue weighted by molar-refractivity contribution is -0.118. The van der Waals surface area contributed by atoms with E-state index in [0.29, 0.717) is 10.0 Å². The topological polar surface area (TPSA) is 63.2 Å². The van der Waals surface area contributed by atoms with E-state index in [2.05, 4.69) is 5.32 Å². The van der Waals surface area contributed by atoms with Crippen molar-refractivity contribution in [2.24, 2.45) is 5.92 Å². The Bertz CT molecular complexity index is 609. The highest BCUT2D eigenvalue weighted by Crippen LogP contribution is 2.30. The summed E-state index contributed by atoms with van der Waals surface area (Å²) >= 11 is 12.2. The van der Waals surface area contributed by atoms with Crippen LogP contribution in [0.25, 0.3) is 0 Å². The van der Waals surface area contributed by atoms with Crippen LogP contribution in [-0.2, 0) is 14.6 Å². The van der Waals surface area contributed by atoms with Crippen LogP contribution >= 0.6 is 23.2 Å². The normalized spacial score (nSPS) is 13.2. The maximum atomic E-state index is 11.8. The van der Waals surface area contributed by atoms with Gasteiger partial charge < -0.3 is 5.32 Å². The summed E-state index contributed by atoms with van der Waals surface area (Å²) in [6.07, 6.45) is 0. The van der Waals surface area contributed by atoms with Gasteiger partial charge in [0.15, 0.2) is 9.84 Å². The summed E-state index contributed by atoms with van der Waals surface area (Å²) in [6, 6.07) is 5.21. The SMILES string of the molecule is CC(C)CS(=O)(=O)CC(=O)NCC(C)c1c(Cl)cccc1Cl. The molecule has 22 heavy (non-hydrogen) atoms. The fourth-order valence-corrected chi connectivity index (χ4v) is 4.57. The lowest BCUT2D eigenvalue weighted by Gasteiger charge is -2.16. The summed E-state index contributed by atoms with van der Waals surface area (Å²) < 4.78 is 23.5. The first-order chi connectivity index (χ1) is 10.1. The highest BCUT2D eigenvalue weighted by atomic mass is 35.5. The van der Waals surface area contributed by atoms with Gasteiger partial charge in [0, 0.05) is 22.5 Å². The third kappa shape index (κ3) is 6.15. The van der Waals surface area contributed by atoms with E-state index in [1.807, 2.05) is 6.92 Å². The molecule has 1 atom stereocenters. The zero-order valence-corrected chi connectivity index (χ0v) is 15.2. The maximum Gasteiger partial charge on any atom is 0.235 e. The zero-order chi connectivity index (χ0) is 16.9. The molecule has 0 bridgehead atoms. The van der Waals surface area contributed by atoms with Crippen molar-refractivity contribution in [3.8, 4) is 0 Å². The molecule has 124 valence electrons. The number of amides is 1. The van der Waals surface area contributed by atoms with Crippen molar-refractivity contribution in [1.29, 1.82) is 0 Å². The van der Waals surface area contributed by atoms with Crippen molar-refractivity contribution in [3.05, 3.63) is 33.8 Å². The van der Waals surface area contributed by atoms with Crippen LogP contribution in [0.4, 0.5) is 0 Å². The molecule has 0 radical (unpaired) electrons. The van der Waals surface area contributed by atoms with E-state index in [1.165, 1.54) is 0 Å². The van der Waals surface area contributed by atoms with E-state index in [0.717, 1.165) is 5.56 Å². The molecule has 7 heteroatoms. The minimum atomic E-state index is -3.37. The van der Waals surface area contributed by atoms with Gasteiger partial charge >= 0.3 is 0 Å². The number of halogens is 2. The van der Waals surface area contributed by atoms with Gasteiger partial charge in [0.2, 0.25) is 5.91 Å². The number of rotatable bonds is 7. The van der Waals surface area contributed by atoms with Crippen molar-refractivity contribution in [2.75, 3.05) is 18.1 Å². The summed E-state index contributed by atoms with van der Waals surface area (Å²) in [5, 5.41) is 3.69. The third-order valence-electron chi connectivity index (χ3n) is 3.04. The van der Waals surface area contributed by atoms with Crippen LogP contribution in [0.2, 0.25) is 10.0 Å². The van der Waals surface area contributed by atoms with Gasteiger partial charge in [0.05, 0.1) is 5.75 Å². The molecule has 1 amide bonds. The van der Waals surface area contributed by atoms with Gasteiger partial charge in [0.1, 0.15) is 5.75 Å². The highest BCUT2D eigenvalue weighted by Gasteiger charge is 2.19. The fraction of sp³-hybridized carbons (Fsp3) is 0.533. The predicted molar refractivity (Wildman–Crippen MR) is 91.4 cm³/mol. The van der Waals surface area contributed by atoms with Crippen molar-refractivity contribution >= 4 is 38.9 Å². The van der Waals surface area contributed by atoms with E-state index in [9.17, 15) is 13.2 Å². The second kappa shape index (κ2) is 8.18. The Morgan fingerprint density at radius 3 is 2.23 bits per heavy atom. The van der Waals surface area contributed by atoms with E-state index in [-0.39, 0.29) is 24.1 Å². The summed E-state index contributed by atoms with van der Waals surface area (Å²) in [7, 11) is -3.37. The molecular formula is C15H21Cl2NO3S. The van der Waals surface area contributed by atoms with Gasteiger partial charge in [-0.1, -0.05) is 50.0 Å². The Morgan fingerprint density at radius 2 is 1.73 bits per heavy atom. The molecule has 0 aliphatic carbocycles. The Morgan fingerprint density at radius 1 is 1.18 bits per heavy atom. The predicted octanol–water partition coefficient (Wildman–Crippen LogP) is 3.28. The molecule has 0 saturated carbocycles. The Balaban J connectivity index is 2.61. The average Bonchev–Trinajstić information content (AvgIpc) is 2.33. The first-order valence-corrected chi connectivity index (χ1v) is 9.61. The molecule has 0 aliphatic heterocycles. The van der Waals surface area contributed by atoms with Crippen molar-refractivity contribution in [1.82, 2.24) is 5.32 Å². The molecule has 4 nitrogen and oxygen atoms in total. The van der Waals surface area contributed by atoms with Gasteiger partial charge in [-0.3, -0.25) is 4.79 Å². The van der Waals surface area contributed by atoms with Crippen LogP contribution in [0, 0.1) is 5.92 Å². The van der Waals surface area contributed by atoms with Crippen LogP contribution in [0.15, 0.2) is 18.2 Å². The maximum absolute atomic E-state index is 11.8. The van der Waals surface area contributed by atoms with Crippen LogP contribution in [0.1, 0.15) is 32.3 Å². The number of hydrogen-bond acceptors (Lipinski definition) is 3. The zero-order valence-electron chi connectivity index (χ0n) is 12.9. The number of carbonyl (C=O) groups excluding carboxylic acids is 1. The second-order valence-electron chi connectivity index (χ2n) is 5.79. The summed E-state index contributed by atoms with van der Waals surface area (Å²) in [6.45, 7) is 5.75. The van der Waals surface area contributed by atoms with E-state index in [4.69, 9.17) is 23.2 Å². The first kappa shape index (κ1) is 19.3. The standard InChI is InChI=1S/C15H21Cl2NO3S/c1-10(2)8-22(20,21)9-14(19)18-7-11(3)15-12(16)5-4-6-13(15)17/h4-6,10-11H,7-9H2,1-3H3,(H,18,19). The number of carbonyl (C=O) groups is 1. The fourth-order valence-electron chi connectivity index (χ4n) is 2.17. The largest absolute Gasteiger partial charge is 0.355 e. The lowest BCUT2D eigenvalue weighted by Crippen LogP contribution is -2.34. The first-order valence-electron chi connectivity index (χ1n) is 7.03. The van der Waals surface area contributed by atoms with Crippen molar-refractivity contribution in [2.45, 2.75) is 26.7 Å². The molecule has 0 spiro atoms. The number of sulfone groups is 1. The van der Waals surface area contributed by atoms with Gasteiger partial charge in [-0.15, -0.1) is 0 Å². The monoisotopic (exact) mass is 365 g/mol. The lowest BCUT2D eigenvalue weighted by atomic mass is 10.0. The van der Waals surface area contributed by atoms with Gasteiger partial charge in [-0.2, -0.15) is 0 Å². The molecule has 0 aliphatic rings. The van der Waals surface area contributed by atoms with Crippen LogP contribution in [-0.4, -0.2) is 32.4 Å². The van der Waals surface area contributed by atoms with Gasteiger partial charge in [-0.25, -0.2) is 8.42 Å². The molecule has 1 unspecified atom stereocenters. The van der Waals surface area contributed by atoms with E-state index in [1.54, 1.807) is 32.0 Å². The van der Waals surface area contributed by atoms with Crippen LogP contribution in [0.5, 0.6) is 0 Å². The smallest absolute Gasteiger partial charge is 0.235 e. The molecular weight excluding hydrogens is 345 g/mol. The number of hydrogen-bond donors (Lipinski definition) is 1. The van der Waals surface area contributed by atoms with Crippen molar-refractivity contribution in [3.63, 3.8) is 0 Å². The molecule has 0 aromatic heterocycles. The molecule has 1 aromatic rings. The Hall–Kier alpha value is -0.780. The van der Waals surface area contributed by atoms with Gasteiger partial charge in [0.25, 0.3) is 0 Å². The Labute approximate surface area is 142 Å². The minimum absolute atomic E-state index is 0.00124. The third-order valence-corrected chi connectivity index (χ3v) is 5.57. The summed E-state index contributed by atoms with van der Waals surface area (Å²) in [4.78, 5) is 11.8. The molecule has 1 aromatic carbocycles. The minimum Gasteiger partial charge on any atom is -0.355 e. The van der Waals surface area contributed by atoms with Gasteiger partial charge in [-0.05, 0) is 23.6 Å². The average molecular weight is 366 g/mol. The molecule has 0 heterocycles. The van der Waals surface area contributed by atoms with Crippen molar-refractivity contribution < 1.29 is 13.2 Å². The van der Waals surface area contributed by atoms with E-state index >= 15 is 0 Å². The molecule has 0 saturated heterocycles. The van der Waals surface area contributed by atoms with Crippen LogP contribution < -0.4 is 5.32 Å². The summed E-state index contributed by atoms with van der Waals surface area (Å²) in [5.41, 5.74) is 0.746. The quantitative estimate of drug-likeness (QED) is 0.806. The molecule has 0 fully saturated rings. The Kier molecular flexibility index (Phi) is 7.16. The molecule has 1 rings (SSSR count). The van der Waals surface area contributed by atoms with E-state index < -0.39 is 21.5 Å². The second-order valence-corrected chi connectivity index (χ2v) is 8.71. The summed E-state index contributed by atoms with van der Waals surface area (Å²) in [5.74, 6) is -1.10.